The molecule has 1 aromatic heterocycles. The molecule has 4 rings (SSSR count). The SMILES string of the molecule is Cc1ccc([N+](=O)[O-])cc1-n1nc(-c2ccccc2I)c2c1NCC2. The van der Waals surface area contributed by atoms with Crippen LogP contribution in [0.15, 0.2) is 42.5 Å². The number of fused-ring (bicyclic) bond motifs is 1. The Morgan fingerprint density at radius 2 is 2.08 bits per heavy atom. The molecule has 3 aromatic rings. The van der Waals surface area contributed by atoms with E-state index in [1.165, 1.54) is 6.07 Å². The molecule has 2 aromatic carbocycles. The first-order valence-corrected chi connectivity index (χ1v) is 9.00. The fraction of sp³-hybridized carbons (Fsp3) is 0.167. The maximum absolute atomic E-state index is 11.2. The lowest BCUT2D eigenvalue weighted by molar-refractivity contribution is -0.384. The van der Waals surface area contributed by atoms with Crippen molar-refractivity contribution in [2.45, 2.75) is 13.3 Å². The van der Waals surface area contributed by atoms with Crippen LogP contribution in [0.4, 0.5) is 11.5 Å². The van der Waals surface area contributed by atoms with Crippen LogP contribution in [0.25, 0.3) is 16.9 Å². The molecule has 6 nitrogen and oxygen atoms in total. The van der Waals surface area contributed by atoms with Crippen LogP contribution in [0, 0.1) is 20.6 Å². The number of hydrogen-bond donors (Lipinski definition) is 1. The second-order valence-electron chi connectivity index (χ2n) is 5.97. The number of nitro groups is 1. The molecular formula is C18H15IN4O2. The third-order valence-electron chi connectivity index (χ3n) is 4.41. The van der Waals surface area contributed by atoms with E-state index in [0.717, 1.165) is 50.4 Å². The molecule has 0 unspecified atom stereocenters. The number of hydrogen-bond acceptors (Lipinski definition) is 4. The Morgan fingerprint density at radius 3 is 2.84 bits per heavy atom. The lowest BCUT2D eigenvalue weighted by atomic mass is 10.1. The van der Waals surface area contributed by atoms with Crippen LogP contribution < -0.4 is 5.32 Å². The number of non-ortho nitro benzene ring substituents is 1. The van der Waals surface area contributed by atoms with Crippen molar-refractivity contribution in [3.8, 4) is 16.9 Å². The smallest absolute Gasteiger partial charge is 0.271 e. The highest BCUT2D eigenvalue weighted by atomic mass is 127. The molecule has 0 aliphatic carbocycles. The summed E-state index contributed by atoms with van der Waals surface area (Å²) < 4.78 is 2.94. The number of halogens is 1. The predicted octanol–water partition coefficient (Wildman–Crippen LogP) is 4.33. The average molecular weight is 446 g/mol. The zero-order valence-electron chi connectivity index (χ0n) is 13.5. The summed E-state index contributed by atoms with van der Waals surface area (Å²) in [6.45, 7) is 2.78. The van der Waals surface area contributed by atoms with Gasteiger partial charge < -0.3 is 5.32 Å². The molecule has 1 aliphatic heterocycles. The van der Waals surface area contributed by atoms with E-state index in [2.05, 4.69) is 40.0 Å². The lowest BCUT2D eigenvalue weighted by Crippen LogP contribution is -2.06. The number of rotatable bonds is 3. The van der Waals surface area contributed by atoms with Gasteiger partial charge in [0.1, 0.15) is 5.82 Å². The van der Waals surface area contributed by atoms with Crippen LogP contribution in [0.2, 0.25) is 0 Å². The Morgan fingerprint density at radius 1 is 1.28 bits per heavy atom. The minimum absolute atomic E-state index is 0.0682. The molecule has 1 N–H and O–H groups in total. The van der Waals surface area contributed by atoms with Crippen molar-refractivity contribution in [3.63, 3.8) is 0 Å². The molecule has 0 radical (unpaired) electrons. The number of benzene rings is 2. The predicted molar refractivity (Wildman–Crippen MR) is 105 cm³/mol. The standard InChI is InChI=1S/C18H15IN4O2/c1-11-6-7-12(23(24)25)10-16(11)22-18-14(8-9-20-18)17(21-22)13-4-2-3-5-15(13)19/h2-7,10,20H,8-9H2,1H3. The third-order valence-corrected chi connectivity index (χ3v) is 5.35. The van der Waals surface area contributed by atoms with Gasteiger partial charge in [0.2, 0.25) is 0 Å². The summed E-state index contributed by atoms with van der Waals surface area (Å²) in [5.41, 5.74) is 4.94. The fourth-order valence-electron chi connectivity index (χ4n) is 3.16. The molecule has 0 spiro atoms. The van der Waals surface area contributed by atoms with E-state index in [-0.39, 0.29) is 10.6 Å². The van der Waals surface area contributed by atoms with E-state index >= 15 is 0 Å². The molecule has 0 bridgehead atoms. The number of nitro benzene ring substituents is 1. The molecule has 25 heavy (non-hydrogen) atoms. The highest BCUT2D eigenvalue weighted by Crippen LogP contribution is 2.37. The second kappa shape index (κ2) is 6.14. The summed E-state index contributed by atoms with van der Waals surface area (Å²) >= 11 is 2.31. The van der Waals surface area contributed by atoms with Gasteiger partial charge >= 0.3 is 0 Å². The molecule has 0 atom stereocenters. The van der Waals surface area contributed by atoms with E-state index in [1.54, 1.807) is 12.1 Å². The maximum atomic E-state index is 11.2. The van der Waals surface area contributed by atoms with Gasteiger partial charge in [-0.25, -0.2) is 4.68 Å². The fourth-order valence-corrected chi connectivity index (χ4v) is 3.80. The number of nitrogens with one attached hydrogen (secondary N) is 1. The van der Waals surface area contributed by atoms with E-state index in [9.17, 15) is 10.1 Å². The Balaban J connectivity index is 1.94. The first kappa shape index (κ1) is 16.1. The van der Waals surface area contributed by atoms with Gasteiger partial charge in [-0.2, -0.15) is 5.10 Å². The van der Waals surface area contributed by atoms with Crippen molar-refractivity contribution in [3.05, 3.63) is 67.3 Å². The largest absolute Gasteiger partial charge is 0.369 e. The normalized spacial score (nSPS) is 12.7. The summed E-state index contributed by atoms with van der Waals surface area (Å²) in [7, 11) is 0. The van der Waals surface area contributed by atoms with Gasteiger partial charge in [0, 0.05) is 33.4 Å². The number of aryl methyl sites for hydroxylation is 1. The van der Waals surface area contributed by atoms with Gasteiger partial charge in [-0.15, -0.1) is 0 Å². The molecule has 1 aliphatic rings. The Bertz CT molecular complexity index is 997. The van der Waals surface area contributed by atoms with Crippen LogP contribution in [0.3, 0.4) is 0 Å². The van der Waals surface area contributed by atoms with Gasteiger partial charge in [-0.3, -0.25) is 10.1 Å². The number of anilines is 1. The summed E-state index contributed by atoms with van der Waals surface area (Å²) in [5.74, 6) is 0.929. The van der Waals surface area contributed by atoms with Crippen LogP contribution in [0.1, 0.15) is 11.1 Å². The van der Waals surface area contributed by atoms with Crippen molar-refractivity contribution in [1.82, 2.24) is 9.78 Å². The van der Waals surface area contributed by atoms with Crippen molar-refractivity contribution < 1.29 is 4.92 Å². The van der Waals surface area contributed by atoms with Gasteiger partial charge in [-0.1, -0.05) is 24.3 Å². The molecular weight excluding hydrogens is 431 g/mol. The molecule has 0 saturated carbocycles. The first-order chi connectivity index (χ1) is 12.1. The molecule has 126 valence electrons. The monoisotopic (exact) mass is 446 g/mol. The maximum Gasteiger partial charge on any atom is 0.271 e. The topological polar surface area (TPSA) is 73.0 Å². The minimum Gasteiger partial charge on any atom is -0.369 e. The zero-order valence-corrected chi connectivity index (χ0v) is 15.6. The van der Waals surface area contributed by atoms with Gasteiger partial charge in [0.25, 0.3) is 5.69 Å². The van der Waals surface area contributed by atoms with Gasteiger partial charge in [-0.05, 0) is 47.6 Å². The molecule has 0 fully saturated rings. The number of nitrogens with zero attached hydrogens (tertiary/aromatic N) is 3. The van der Waals surface area contributed by atoms with Crippen LogP contribution in [-0.4, -0.2) is 21.2 Å². The zero-order chi connectivity index (χ0) is 17.6. The first-order valence-electron chi connectivity index (χ1n) is 7.92. The van der Waals surface area contributed by atoms with Gasteiger partial charge in [0.05, 0.1) is 16.3 Å². The third kappa shape index (κ3) is 2.68. The minimum atomic E-state index is -0.374. The van der Waals surface area contributed by atoms with E-state index < -0.39 is 0 Å². The molecule has 2 heterocycles. The Kier molecular flexibility index (Phi) is 3.95. The quantitative estimate of drug-likeness (QED) is 0.370. The van der Waals surface area contributed by atoms with E-state index in [4.69, 9.17) is 5.10 Å². The average Bonchev–Trinajstić information content (AvgIpc) is 3.18. The Hall–Kier alpha value is -2.42. The van der Waals surface area contributed by atoms with Gasteiger partial charge in [0.15, 0.2) is 0 Å². The van der Waals surface area contributed by atoms with Crippen LogP contribution >= 0.6 is 22.6 Å². The van der Waals surface area contributed by atoms with Crippen molar-refractivity contribution >= 4 is 34.1 Å². The van der Waals surface area contributed by atoms with E-state index in [1.807, 2.05) is 23.7 Å². The van der Waals surface area contributed by atoms with Crippen LogP contribution in [0.5, 0.6) is 0 Å². The Labute approximate surface area is 158 Å². The van der Waals surface area contributed by atoms with Crippen molar-refractivity contribution in [1.29, 1.82) is 0 Å². The summed E-state index contributed by atoms with van der Waals surface area (Å²) in [6, 6.07) is 13.0. The molecule has 0 saturated heterocycles. The second-order valence-corrected chi connectivity index (χ2v) is 7.13. The highest BCUT2D eigenvalue weighted by Gasteiger charge is 2.26. The van der Waals surface area contributed by atoms with Crippen molar-refractivity contribution in [2.24, 2.45) is 0 Å². The van der Waals surface area contributed by atoms with Crippen molar-refractivity contribution in [2.75, 3.05) is 11.9 Å². The summed E-state index contributed by atoms with van der Waals surface area (Å²) in [6.07, 6.45) is 0.892. The van der Waals surface area contributed by atoms with Crippen LogP contribution in [-0.2, 0) is 6.42 Å². The highest BCUT2D eigenvalue weighted by molar-refractivity contribution is 14.1. The molecule has 0 amide bonds. The lowest BCUT2D eigenvalue weighted by Gasteiger charge is -2.09. The number of aromatic nitrogens is 2. The molecule has 7 heteroatoms. The summed E-state index contributed by atoms with van der Waals surface area (Å²) in [5, 5.41) is 19.4. The van der Waals surface area contributed by atoms with E-state index in [0.29, 0.717) is 0 Å². The summed E-state index contributed by atoms with van der Waals surface area (Å²) in [4.78, 5) is 10.8.